The number of nitrogens with one attached hydrogen (secondary N) is 1. The fourth-order valence-corrected chi connectivity index (χ4v) is 4.47. The lowest BCUT2D eigenvalue weighted by atomic mass is 9.76. The molecule has 1 aliphatic heterocycles. The van der Waals surface area contributed by atoms with Crippen LogP contribution in [0.5, 0.6) is 0 Å². The summed E-state index contributed by atoms with van der Waals surface area (Å²) in [5, 5.41) is 10.8. The van der Waals surface area contributed by atoms with E-state index in [4.69, 9.17) is 9.15 Å². The number of aryl methyl sites for hydroxylation is 1. The number of fused-ring (bicyclic) bond motifs is 2. The number of aromatic nitrogens is 2. The number of carbonyl (C=O) groups is 3. The molecule has 2 heterocycles. The van der Waals surface area contributed by atoms with E-state index >= 15 is 0 Å². The van der Waals surface area contributed by atoms with Gasteiger partial charge in [0.15, 0.2) is 6.10 Å². The highest BCUT2D eigenvalue weighted by atomic mass is 16.6. The van der Waals surface area contributed by atoms with Crippen LogP contribution in [0.15, 0.2) is 59.0 Å². The van der Waals surface area contributed by atoms with E-state index in [0.717, 1.165) is 34.4 Å². The van der Waals surface area contributed by atoms with Crippen LogP contribution in [0, 0.1) is 0 Å². The van der Waals surface area contributed by atoms with Gasteiger partial charge < -0.3 is 14.5 Å². The first-order valence-electron chi connectivity index (χ1n) is 10.8. The molecule has 3 aromatic rings. The lowest BCUT2D eigenvalue weighted by Crippen LogP contribution is -2.46. The van der Waals surface area contributed by atoms with Gasteiger partial charge in [-0.1, -0.05) is 42.5 Å². The number of rotatable bonds is 5. The summed E-state index contributed by atoms with van der Waals surface area (Å²) in [7, 11) is 0. The molecule has 2 unspecified atom stereocenters. The highest BCUT2D eigenvalue weighted by Crippen LogP contribution is 2.39. The Balaban J connectivity index is 1.28. The van der Waals surface area contributed by atoms with E-state index < -0.39 is 36.1 Å². The van der Waals surface area contributed by atoms with Crippen LogP contribution in [0.3, 0.4) is 0 Å². The Morgan fingerprint density at radius 2 is 1.91 bits per heavy atom. The molecular formula is C24H22N4O5. The van der Waals surface area contributed by atoms with Gasteiger partial charge in [0.2, 0.25) is 5.89 Å². The molecule has 1 spiro atoms. The van der Waals surface area contributed by atoms with Crippen molar-refractivity contribution in [3.63, 3.8) is 0 Å². The molecule has 0 bridgehead atoms. The number of hydrogen-bond acceptors (Lipinski definition) is 7. The summed E-state index contributed by atoms with van der Waals surface area (Å²) < 4.78 is 11.0. The first-order chi connectivity index (χ1) is 16.0. The van der Waals surface area contributed by atoms with E-state index in [9.17, 15) is 14.4 Å². The summed E-state index contributed by atoms with van der Waals surface area (Å²) in [6, 6.07) is 16.2. The molecule has 1 aliphatic carbocycles. The maximum atomic E-state index is 13.3. The largest absolute Gasteiger partial charge is 0.451 e. The van der Waals surface area contributed by atoms with Crippen molar-refractivity contribution in [1.82, 2.24) is 20.4 Å². The molecule has 168 valence electrons. The van der Waals surface area contributed by atoms with Crippen molar-refractivity contribution in [3.8, 4) is 11.5 Å². The fraction of sp³-hybridized carbons (Fsp3) is 0.292. The van der Waals surface area contributed by atoms with E-state index in [1.165, 1.54) is 0 Å². The Kier molecular flexibility index (Phi) is 5.16. The van der Waals surface area contributed by atoms with E-state index in [0.29, 0.717) is 12.3 Å². The molecule has 3 amide bonds. The van der Waals surface area contributed by atoms with E-state index in [-0.39, 0.29) is 5.89 Å². The van der Waals surface area contributed by atoms with Gasteiger partial charge in [0.25, 0.3) is 11.8 Å². The lowest BCUT2D eigenvalue weighted by Gasteiger charge is -2.33. The molecule has 0 radical (unpaired) electrons. The number of esters is 1. The zero-order valence-corrected chi connectivity index (χ0v) is 18.0. The number of benzene rings is 2. The first kappa shape index (κ1) is 20.9. The van der Waals surface area contributed by atoms with Crippen molar-refractivity contribution in [2.75, 3.05) is 6.54 Å². The zero-order valence-electron chi connectivity index (χ0n) is 18.0. The monoisotopic (exact) mass is 446 g/mol. The molecule has 9 nitrogen and oxygen atoms in total. The molecule has 2 atom stereocenters. The van der Waals surface area contributed by atoms with Gasteiger partial charge in [-0.2, -0.15) is 0 Å². The van der Waals surface area contributed by atoms with Crippen molar-refractivity contribution in [2.45, 2.75) is 37.8 Å². The van der Waals surface area contributed by atoms with E-state index in [1.54, 1.807) is 6.92 Å². The van der Waals surface area contributed by atoms with Crippen molar-refractivity contribution in [3.05, 3.63) is 71.6 Å². The predicted molar refractivity (Wildman–Crippen MR) is 116 cm³/mol. The zero-order chi connectivity index (χ0) is 23.0. The van der Waals surface area contributed by atoms with Crippen LogP contribution in [0.25, 0.3) is 11.5 Å². The van der Waals surface area contributed by atoms with Crippen LogP contribution in [0.4, 0.5) is 4.79 Å². The van der Waals surface area contributed by atoms with Gasteiger partial charge in [0.05, 0.1) is 0 Å². The highest BCUT2D eigenvalue weighted by Gasteiger charge is 2.54. The third-order valence-corrected chi connectivity index (χ3v) is 6.06. The van der Waals surface area contributed by atoms with Crippen LogP contribution in [0.2, 0.25) is 0 Å². The maximum Gasteiger partial charge on any atom is 0.327 e. The number of imide groups is 1. The molecule has 33 heavy (non-hydrogen) atoms. The van der Waals surface area contributed by atoms with Gasteiger partial charge in [-0.05, 0) is 49.4 Å². The number of hydrogen-bond donors (Lipinski definition) is 1. The van der Waals surface area contributed by atoms with E-state index in [1.807, 2.05) is 54.6 Å². The Morgan fingerprint density at radius 1 is 1.15 bits per heavy atom. The van der Waals surface area contributed by atoms with Gasteiger partial charge in [-0.3, -0.25) is 14.5 Å². The first-order valence-corrected chi connectivity index (χ1v) is 10.8. The summed E-state index contributed by atoms with van der Waals surface area (Å²) in [5.74, 6) is -0.752. The molecule has 1 aromatic heterocycles. The summed E-state index contributed by atoms with van der Waals surface area (Å²) in [5.41, 5.74) is 1.43. The average molecular weight is 446 g/mol. The topological polar surface area (TPSA) is 115 Å². The lowest BCUT2D eigenvalue weighted by molar-refractivity contribution is -0.153. The molecule has 2 aliphatic rings. The second kappa shape index (κ2) is 8.16. The standard InChI is InChI=1S/C24H22N4O5/c1-15(20-26-27-21(33-20)17-9-3-2-4-10-17)32-19(29)14-28-22(30)24(25-23(28)31)13-7-11-16-8-5-6-12-18(16)24/h2-6,8-10,12,15H,7,11,13-14H2,1H3,(H,25,31). The fourth-order valence-electron chi connectivity index (χ4n) is 4.47. The molecule has 1 N–H and O–H groups in total. The Hall–Kier alpha value is -4.01. The molecule has 1 fully saturated rings. The van der Waals surface area contributed by atoms with Gasteiger partial charge in [0.1, 0.15) is 12.1 Å². The Morgan fingerprint density at radius 3 is 2.73 bits per heavy atom. The van der Waals surface area contributed by atoms with Crippen molar-refractivity contribution in [2.24, 2.45) is 0 Å². The predicted octanol–water partition coefficient (Wildman–Crippen LogP) is 3.12. The SMILES string of the molecule is CC(OC(=O)CN1C(=O)NC2(CCCc3ccccc32)C1=O)c1nnc(-c2ccccc2)o1. The van der Waals surface area contributed by atoms with Crippen LogP contribution in [-0.2, 0) is 26.3 Å². The molecule has 2 aromatic carbocycles. The number of carbonyl (C=O) groups excluding carboxylic acids is 3. The van der Waals surface area contributed by atoms with Crippen molar-refractivity contribution >= 4 is 17.9 Å². The summed E-state index contributed by atoms with van der Waals surface area (Å²) in [4.78, 5) is 39.5. The minimum absolute atomic E-state index is 0.122. The number of urea groups is 1. The Labute approximate surface area is 189 Å². The quantitative estimate of drug-likeness (QED) is 0.473. The Bertz CT molecular complexity index is 1220. The van der Waals surface area contributed by atoms with Crippen LogP contribution >= 0.6 is 0 Å². The molecule has 0 saturated carbocycles. The molecule has 1 saturated heterocycles. The van der Waals surface area contributed by atoms with Crippen molar-refractivity contribution < 1.29 is 23.5 Å². The van der Waals surface area contributed by atoms with Crippen LogP contribution in [0.1, 0.15) is 42.9 Å². The summed E-state index contributed by atoms with van der Waals surface area (Å²) in [6.45, 7) is 1.09. The molecule has 5 rings (SSSR count). The molecule has 9 heteroatoms. The third-order valence-electron chi connectivity index (χ3n) is 6.06. The maximum absolute atomic E-state index is 13.3. The summed E-state index contributed by atoms with van der Waals surface area (Å²) >= 11 is 0. The minimum atomic E-state index is -1.13. The van der Waals surface area contributed by atoms with Gasteiger partial charge in [-0.25, -0.2) is 4.79 Å². The van der Waals surface area contributed by atoms with Crippen LogP contribution < -0.4 is 5.32 Å². The van der Waals surface area contributed by atoms with Gasteiger partial charge in [-0.15, -0.1) is 10.2 Å². The third kappa shape index (κ3) is 3.65. The van der Waals surface area contributed by atoms with E-state index in [2.05, 4.69) is 15.5 Å². The smallest absolute Gasteiger partial charge is 0.327 e. The van der Waals surface area contributed by atoms with Gasteiger partial charge >= 0.3 is 12.0 Å². The number of amides is 3. The van der Waals surface area contributed by atoms with Gasteiger partial charge in [0, 0.05) is 5.56 Å². The van der Waals surface area contributed by atoms with Crippen molar-refractivity contribution in [1.29, 1.82) is 0 Å². The second-order valence-corrected chi connectivity index (χ2v) is 8.18. The normalized spacial score (nSPS) is 20.5. The minimum Gasteiger partial charge on any atom is -0.451 e. The summed E-state index contributed by atoms with van der Waals surface area (Å²) in [6.07, 6.45) is 1.25. The number of nitrogens with zero attached hydrogens (tertiary/aromatic N) is 3. The average Bonchev–Trinajstić information content (AvgIpc) is 3.41. The molecular weight excluding hydrogens is 424 g/mol. The van der Waals surface area contributed by atoms with Crippen LogP contribution in [-0.4, -0.2) is 39.5 Å². The second-order valence-electron chi connectivity index (χ2n) is 8.18. The highest BCUT2D eigenvalue weighted by molar-refractivity contribution is 6.09. The number of ether oxygens (including phenoxy) is 1.